The second-order valence-corrected chi connectivity index (χ2v) is 6.55. The van der Waals surface area contributed by atoms with Crippen molar-refractivity contribution in [3.63, 3.8) is 0 Å². The van der Waals surface area contributed by atoms with Gasteiger partial charge in [-0.05, 0) is 59.5 Å². The van der Waals surface area contributed by atoms with Crippen LogP contribution in [0.15, 0.2) is 18.2 Å². The maximum Gasteiger partial charge on any atom is 0.342 e. The van der Waals surface area contributed by atoms with Gasteiger partial charge in [-0.2, -0.15) is 0 Å². The Bertz CT molecular complexity index is 538. The minimum atomic E-state index is -0.676. The Kier molecular flexibility index (Phi) is 5.44. The van der Waals surface area contributed by atoms with Crippen LogP contribution < -0.4 is 0 Å². The van der Waals surface area contributed by atoms with E-state index >= 15 is 0 Å². The number of benzene rings is 1. The first-order valence-electron chi connectivity index (χ1n) is 6.91. The topological polar surface area (TPSA) is 66.8 Å². The Balaban J connectivity index is 1.89. The number of nitrogens with zero attached hydrogens (tertiary/aromatic N) is 1. The van der Waals surface area contributed by atoms with Crippen molar-refractivity contribution in [1.29, 1.82) is 0 Å². The van der Waals surface area contributed by atoms with E-state index < -0.39 is 5.97 Å². The molecule has 1 fully saturated rings. The molecule has 0 unspecified atom stereocenters. The van der Waals surface area contributed by atoms with Crippen molar-refractivity contribution < 1.29 is 19.4 Å². The molecule has 5 nitrogen and oxygen atoms in total. The summed E-state index contributed by atoms with van der Waals surface area (Å²) in [4.78, 5) is 25.6. The number of hydrogen-bond donors (Lipinski definition) is 1. The van der Waals surface area contributed by atoms with Gasteiger partial charge in [0.2, 0.25) is 0 Å². The minimum Gasteiger partial charge on any atom is -0.507 e. The highest BCUT2D eigenvalue weighted by molar-refractivity contribution is 14.1. The molecule has 6 heteroatoms. The summed E-state index contributed by atoms with van der Waals surface area (Å²) in [6.45, 7) is 3.32. The largest absolute Gasteiger partial charge is 0.507 e. The van der Waals surface area contributed by atoms with Gasteiger partial charge in [0.05, 0.1) is 0 Å². The number of phenolic OH excluding ortho intramolecular Hbond substituents is 1. The summed E-state index contributed by atoms with van der Waals surface area (Å²) in [5.74, 6) is -0.357. The number of hydrogen-bond acceptors (Lipinski definition) is 4. The number of carbonyl (C=O) groups excluding carboxylic acids is 2. The van der Waals surface area contributed by atoms with Gasteiger partial charge < -0.3 is 14.7 Å². The quantitative estimate of drug-likeness (QED) is 0.622. The van der Waals surface area contributed by atoms with Crippen LogP contribution >= 0.6 is 22.6 Å². The Morgan fingerprint density at radius 1 is 1.38 bits per heavy atom. The molecule has 0 spiro atoms. The van der Waals surface area contributed by atoms with Crippen molar-refractivity contribution in [2.24, 2.45) is 5.92 Å². The molecule has 0 radical (unpaired) electrons. The molecule has 1 aliphatic heterocycles. The smallest absolute Gasteiger partial charge is 0.342 e. The van der Waals surface area contributed by atoms with Crippen LogP contribution in [-0.2, 0) is 9.53 Å². The number of rotatable bonds is 3. The highest BCUT2D eigenvalue weighted by atomic mass is 127. The summed E-state index contributed by atoms with van der Waals surface area (Å²) in [7, 11) is 0. The van der Waals surface area contributed by atoms with Crippen LogP contribution in [0.4, 0.5) is 0 Å². The highest BCUT2D eigenvalue weighted by Crippen LogP contribution is 2.21. The van der Waals surface area contributed by atoms with E-state index in [4.69, 9.17) is 4.74 Å². The lowest BCUT2D eigenvalue weighted by atomic mass is 9.99. The molecular formula is C15H18INO4. The van der Waals surface area contributed by atoms with Crippen LogP contribution in [0.3, 0.4) is 0 Å². The third-order valence-corrected chi connectivity index (χ3v) is 4.31. The first-order chi connectivity index (χ1) is 9.97. The molecule has 1 aromatic rings. The average molecular weight is 403 g/mol. The number of esters is 1. The molecule has 1 aromatic carbocycles. The summed E-state index contributed by atoms with van der Waals surface area (Å²) in [5, 5.41) is 9.65. The third-order valence-electron chi connectivity index (χ3n) is 3.64. The van der Waals surface area contributed by atoms with Crippen molar-refractivity contribution in [1.82, 2.24) is 4.90 Å². The van der Waals surface area contributed by atoms with E-state index in [1.807, 2.05) is 22.6 Å². The lowest BCUT2D eigenvalue weighted by Gasteiger charge is -2.30. The lowest BCUT2D eigenvalue weighted by molar-refractivity contribution is -0.135. The maximum atomic E-state index is 12.0. The Morgan fingerprint density at radius 3 is 2.71 bits per heavy atom. The molecule has 1 heterocycles. The van der Waals surface area contributed by atoms with Crippen LogP contribution in [0.5, 0.6) is 5.75 Å². The number of likely N-dealkylation sites (tertiary alicyclic amines) is 1. The van der Waals surface area contributed by atoms with E-state index in [0.29, 0.717) is 19.0 Å². The standard InChI is InChI=1S/C15H18INO4/c1-10-4-6-17(7-5-10)14(19)9-21-15(20)12-8-11(16)2-3-13(12)18/h2-3,8,10,18H,4-7,9H2,1H3. The molecule has 21 heavy (non-hydrogen) atoms. The van der Waals surface area contributed by atoms with Crippen LogP contribution in [0.25, 0.3) is 0 Å². The van der Waals surface area contributed by atoms with Crippen molar-refractivity contribution in [2.45, 2.75) is 19.8 Å². The van der Waals surface area contributed by atoms with Gasteiger partial charge in [-0.1, -0.05) is 6.92 Å². The second-order valence-electron chi connectivity index (χ2n) is 5.30. The summed E-state index contributed by atoms with van der Waals surface area (Å²) >= 11 is 2.04. The van der Waals surface area contributed by atoms with Crippen molar-refractivity contribution >= 4 is 34.5 Å². The van der Waals surface area contributed by atoms with Gasteiger partial charge in [-0.25, -0.2) is 4.79 Å². The molecule has 2 rings (SSSR count). The molecule has 0 atom stereocenters. The molecule has 0 saturated carbocycles. The van der Waals surface area contributed by atoms with E-state index in [1.54, 1.807) is 11.0 Å². The summed E-state index contributed by atoms with van der Waals surface area (Å²) in [6, 6.07) is 4.66. The fraction of sp³-hybridized carbons (Fsp3) is 0.467. The third kappa shape index (κ3) is 4.33. The zero-order valence-electron chi connectivity index (χ0n) is 11.8. The van der Waals surface area contributed by atoms with Gasteiger partial charge in [0, 0.05) is 16.7 Å². The number of ether oxygens (including phenoxy) is 1. The minimum absolute atomic E-state index is 0.0852. The van der Waals surface area contributed by atoms with Crippen LogP contribution in [0.2, 0.25) is 0 Å². The first-order valence-corrected chi connectivity index (χ1v) is 7.98. The van der Waals surface area contributed by atoms with Crippen molar-refractivity contribution in [3.05, 3.63) is 27.3 Å². The zero-order valence-corrected chi connectivity index (χ0v) is 14.0. The van der Waals surface area contributed by atoms with E-state index in [1.165, 1.54) is 12.1 Å². The van der Waals surface area contributed by atoms with E-state index in [2.05, 4.69) is 6.92 Å². The predicted octanol–water partition coefficient (Wildman–Crippen LogP) is 2.41. The molecular weight excluding hydrogens is 385 g/mol. The number of halogens is 1. The SMILES string of the molecule is CC1CCN(C(=O)COC(=O)c2cc(I)ccc2O)CC1. The Labute approximate surface area is 137 Å². The highest BCUT2D eigenvalue weighted by Gasteiger charge is 2.22. The molecule has 1 N–H and O–H groups in total. The van der Waals surface area contributed by atoms with Gasteiger partial charge in [0.15, 0.2) is 6.61 Å². The van der Waals surface area contributed by atoms with Gasteiger partial charge in [-0.3, -0.25) is 4.79 Å². The maximum absolute atomic E-state index is 12.0. The fourth-order valence-corrected chi connectivity index (χ4v) is 2.72. The van der Waals surface area contributed by atoms with Gasteiger partial charge in [-0.15, -0.1) is 0 Å². The van der Waals surface area contributed by atoms with E-state index in [0.717, 1.165) is 16.4 Å². The number of phenols is 1. The number of carbonyl (C=O) groups is 2. The fourth-order valence-electron chi connectivity index (χ4n) is 2.23. The zero-order chi connectivity index (χ0) is 15.4. The normalized spacial score (nSPS) is 15.8. The van der Waals surface area contributed by atoms with Crippen molar-refractivity contribution in [3.8, 4) is 5.75 Å². The number of aromatic hydroxyl groups is 1. The monoisotopic (exact) mass is 403 g/mol. The van der Waals surface area contributed by atoms with Gasteiger partial charge in [0.25, 0.3) is 5.91 Å². The van der Waals surface area contributed by atoms with E-state index in [-0.39, 0.29) is 23.8 Å². The van der Waals surface area contributed by atoms with Crippen LogP contribution in [0.1, 0.15) is 30.1 Å². The number of piperidine rings is 1. The summed E-state index contributed by atoms with van der Waals surface area (Å²) in [6.07, 6.45) is 1.97. The van der Waals surface area contributed by atoms with Gasteiger partial charge >= 0.3 is 5.97 Å². The van der Waals surface area contributed by atoms with Gasteiger partial charge in [0.1, 0.15) is 11.3 Å². The average Bonchev–Trinajstić information content (AvgIpc) is 2.47. The molecule has 1 aliphatic rings. The molecule has 114 valence electrons. The lowest BCUT2D eigenvalue weighted by Crippen LogP contribution is -2.40. The summed E-state index contributed by atoms with van der Waals surface area (Å²) in [5.41, 5.74) is 0.0852. The second kappa shape index (κ2) is 7.11. The predicted molar refractivity (Wildman–Crippen MR) is 86.1 cm³/mol. The molecule has 0 aromatic heterocycles. The van der Waals surface area contributed by atoms with Crippen LogP contribution in [0, 0.1) is 9.49 Å². The molecule has 0 aliphatic carbocycles. The Morgan fingerprint density at radius 2 is 2.05 bits per heavy atom. The summed E-state index contributed by atoms with van der Waals surface area (Å²) < 4.78 is 5.83. The molecule has 0 bridgehead atoms. The Hall–Kier alpha value is -1.31. The van der Waals surface area contributed by atoms with Crippen LogP contribution in [-0.4, -0.2) is 41.6 Å². The first kappa shape index (κ1) is 16.1. The molecule has 1 amide bonds. The van der Waals surface area contributed by atoms with E-state index in [9.17, 15) is 14.7 Å². The van der Waals surface area contributed by atoms with Crippen molar-refractivity contribution in [2.75, 3.05) is 19.7 Å². The number of amides is 1. The molecule has 1 saturated heterocycles.